The number of rotatable bonds is 2. The van der Waals surface area contributed by atoms with Crippen molar-refractivity contribution in [1.82, 2.24) is 9.97 Å². The second-order valence-electron chi connectivity index (χ2n) is 5.75. The highest BCUT2D eigenvalue weighted by Crippen LogP contribution is 2.55. The minimum absolute atomic E-state index is 0.170. The molecule has 1 aromatic heterocycles. The van der Waals surface area contributed by atoms with Crippen LogP contribution in [0.4, 0.5) is 0 Å². The third-order valence-electron chi connectivity index (χ3n) is 4.48. The first-order valence-electron chi connectivity index (χ1n) is 6.57. The van der Waals surface area contributed by atoms with Gasteiger partial charge in [0.25, 0.3) is 0 Å². The average Bonchev–Trinajstić information content (AvgIpc) is 2.81. The van der Waals surface area contributed by atoms with Gasteiger partial charge in [0.15, 0.2) is 5.78 Å². The molecule has 2 atom stereocenters. The SMILES string of the molecule is O=C(c1cc2[nH]c(=O)[nH]c2cc1Br)C1CC2CC2C1. The van der Waals surface area contributed by atoms with Crippen molar-refractivity contribution in [2.75, 3.05) is 0 Å². The van der Waals surface area contributed by atoms with Gasteiger partial charge in [-0.2, -0.15) is 0 Å². The molecule has 98 valence electrons. The molecule has 2 saturated carbocycles. The number of carbonyl (C=O) groups is 1. The summed E-state index contributed by atoms with van der Waals surface area (Å²) in [6.07, 6.45) is 3.39. The normalized spacial score (nSPS) is 28.6. The highest BCUT2D eigenvalue weighted by Gasteiger charge is 2.48. The van der Waals surface area contributed by atoms with Gasteiger partial charge < -0.3 is 9.97 Å². The number of aromatic amines is 2. The van der Waals surface area contributed by atoms with Gasteiger partial charge in [0.1, 0.15) is 0 Å². The number of benzene rings is 1. The van der Waals surface area contributed by atoms with Crippen LogP contribution in [0.2, 0.25) is 0 Å². The van der Waals surface area contributed by atoms with E-state index >= 15 is 0 Å². The lowest BCUT2D eigenvalue weighted by atomic mass is 9.93. The quantitative estimate of drug-likeness (QED) is 0.835. The molecule has 4 rings (SSSR count). The molecule has 2 aliphatic carbocycles. The smallest absolute Gasteiger partial charge is 0.306 e. The predicted octanol–water partition coefficient (Wildman–Crippen LogP) is 2.85. The van der Waals surface area contributed by atoms with Gasteiger partial charge in [0, 0.05) is 16.0 Å². The van der Waals surface area contributed by atoms with E-state index in [1.807, 2.05) is 0 Å². The van der Waals surface area contributed by atoms with Crippen molar-refractivity contribution < 1.29 is 4.79 Å². The summed E-state index contributed by atoms with van der Waals surface area (Å²) in [4.78, 5) is 29.2. The number of fused-ring (bicyclic) bond motifs is 2. The minimum Gasteiger partial charge on any atom is -0.306 e. The monoisotopic (exact) mass is 320 g/mol. The second kappa shape index (κ2) is 3.82. The number of nitrogens with one attached hydrogen (secondary N) is 2. The summed E-state index contributed by atoms with van der Waals surface area (Å²) in [5, 5.41) is 0. The van der Waals surface area contributed by atoms with Gasteiger partial charge in [-0.05, 0) is 59.2 Å². The van der Waals surface area contributed by atoms with Crippen molar-refractivity contribution in [3.05, 3.63) is 32.7 Å². The first kappa shape index (κ1) is 11.5. The van der Waals surface area contributed by atoms with Gasteiger partial charge in [0.2, 0.25) is 0 Å². The summed E-state index contributed by atoms with van der Waals surface area (Å²) in [5.74, 6) is 1.97. The van der Waals surface area contributed by atoms with Crippen LogP contribution in [0, 0.1) is 17.8 Å². The van der Waals surface area contributed by atoms with Crippen LogP contribution in [0.5, 0.6) is 0 Å². The highest BCUT2D eigenvalue weighted by atomic mass is 79.9. The van der Waals surface area contributed by atoms with Gasteiger partial charge in [-0.3, -0.25) is 4.79 Å². The van der Waals surface area contributed by atoms with E-state index in [1.165, 1.54) is 6.42 Å². The molecule has 19 heavy (non-hydrogen) atoms. The third-order valence-corrected chi connectivity index (χ3v) is 5.14. The number of carbonyl (C=O) groups excluding carboxylic acids is 1. The van der Waals surface area contributed by atoms with Crippen molar-refractivity contribution >= 4 is 32.7 Å². The van der Waals surface area contributed by atoms with E-state index in [-0.39, 0.29) is 17.4 Å². The van der Waals surface area contributed by atoms with E-state index in [0.29, 0.717) is 11.1 Å². The van der Waals surface area contributed by atoms with E-state index < -0.39 is 0 Å². The first-order chi connectivity index (χ1) is 9.11. The molecule has 4 nitrogen and oxygen atoms in total. The number of Topliss-reactive ketones (excluding diaryl/α,β-unsaturated/α-hetero) is 1. The molecule has 0 bridgehead atoms. The van der Waals surface area contributed by atoms with Crippen LogP contribution in [0.1, 0.15) is 29.6 Å². The molecule has 1 heterocycles. The number of hydrogen-bond acceptors (Lipinski definition) is 2. The van der Waals surface area contributed by atoms with Crippen LogP contribution >= 0.6 is 15.9 Å². The lowest BCUT2D eigenvalue weighted by Crippen LogP contribution is -2.13. The molecule has 2 aromatic rings. The van der Waals surface area contributed by atoms with Crippen LogP contribution in [0.15, 0.2) is 21.4 Å². The van der Waals surface area contributed by atoms with Crippen molar-refractivity contribution in [2.45, 2.75) is 19.3 Å². The maximum Gasteiger partial charge on any atom is 0.323 e. The minimum atomic E-state index is -0.242. The number of imidazole rings is 1. The van der Waals surface area contributed by atoms with Crippen LogP contribution < -0.4 is 5.69 Å². The zero-order valence-electron chi connectivity index (χ0n) is 10.2. The molecule has 1 aromatic carbocycles. The topological polar surface area (TPSA) is 65.7 Å². The maximum absolute atomic E-state index is 12.6. The third kappa shape index (κ3) is 1.79. The molecule has 2 N–H and O–H groups in total. The number of halogens is 1. The summed E-state index contributed by atoms with van der Waals surface area (Å²) in [6.45, 7) is 0. The molecule has 2 aliphatic rings. The lowest BCUT2D eigenvalue weighted by molar-refractivity contribution is 0.0914. The van der Waals surface area contributed by atoms with Crippen molar-refractivity contribution in [3.63, 3.8) is 0 Å². The van der Waals surface area contributed by atoms with Crippen molar-refractivity contribution in [1.29, 1.82) is 0 Å². The lowest BCUT2D eigenvalue weighted by Gasteiger charge is -2.11. The number of aromatic nitrogens is 2. The van der Waals surface area contributed by atoms with E-state index in [2.05, 4.69) is 25.9 Å². The second-order valence-corrected chi connectivity index (χ2v) is 6.60. The summed E-state index contributed by atoms with van der Waals surface area (Å²) in [5.41, 5.74) is 1.87. The van der Waals surface area contributed by atoms with E-state index in [9.17, 15) is 9.59 Å². The van der Waals surface area contributed by atoms with E-state index in [4.69, 9.17) is 0 Å². The van der Waals surface area contributed by atoms with Gasteiger partial charge in [0.05, 0.1) is 11.0 Å². The van der Waals surface area contributed by atoms with Gasteiger partial charge in [-0.25, -0.2) is 4.79 Å². The fraction of sp³-hybridized carbons (Fsp3) is 0.429. The predicted molar refractivity (Wildman–Crippen MR) is 75.3 cm³/mol. The Balaban J connectivity index is 1.74. The Kier molecular flexibility index (Phi) is 2.31. The largest absolute Gasteiger partial charge is 0.323 e. The summed E-state index contributed by atoms with van der Waals surface area (Å²) < 4.78 is 0.765. The Morgan fingerprint density at radius 1 is 1.11 bits per heavy atom. The molecule has 0 spiro atoms. The number of H-pyrrole nitrogens is 2. The zero-order chi connectivity index (χ0) is 13.1. The molecule has 0 radical (unpaired) electrons. The Morgan fingerprint density at radius 2 is 1.74 bits per heavy atom. The molecule has 5 heteroatoms. The zero-order valence-corrected chi connectivity index (χ0v) is 11.8. The fourth-order valence-corrected chi connectivity index (χ4v) is 3.93. The molecule has 0 amide bonds. The van der Waals surface area contributed by atoms with Gasteiger partial charge in [-0.15, -0.1) is 0 Å². The van der Waals surface area contributed by atoms with E-state index in [1.54, 1.807) is 12.1 Å². The van der Waals surface area contributed by atoms with Crippen LogP contribution in [-0.4, -0.2) is 15.8 Å². The summed E-state index contributed by atoms with van der Waals surface area (Å²) in [6, 6.07) is 3.58. The maximum atomic E-state index is 12.6. The Morgan fingerprint density at radius 3 is 2.42 bits per heavy atom. The molecule has 0 aliphatic heterocycles. The van der Waals surface area contributed by atoms with Crippen LogP contribution in [0.25, 0.3) is 11.0 Å². The molecular weight excluding hydrogens is 308 g/mol. The van der Waals surface area contributed by atoms with Gasteiger partial charge >= 0.3 is 5.69 Å². The molecular formula is C14H13BrN2O2. The van der Waals surface area contributed by atoms with Crippen LogP contribution in [0.3, 0.4) is 0 Å². The van der Waals surface area contributed by atoms with Crippen molar-refractivity contribution in [2.24, 2.45) is 17.8 Å². The molecule has 0 saturated heterocycles. The first-order valence-corrected chi connectivity index (χ1v) is 7.37. The number of hydrogen-bond donors (Lipinski definition) is 2. The average molecular weight is 321 g/mol. The molecule has 2 fully saturated rings. The highest BCUT2D eigenvalue weighted by molar-refractivity contribution is 9.10. The van der Waals surface area contributed by atoms with Crippen LogP contribution in [-0.2, 0) is 0 Å². The Bertz CT molecular complexity index is 735. The summed E-state index contributed by atoms with van der Waals surface area (Å²) in [7, 11) is 0. The fourth-order valence-electron chi connectivity index (χ4n) is 3.39. The number of ketones is 1. The van der Waals surface area contributed by atoms with Gasteiger partial charge in [-0.1, -0.05) is 0 Å². The van der Waals surface area contributed by atoms with E-state index in [0.717, 1.165) is 34.7 Å². The standard InChI is InChI=1S/C14H13BrN2O2/c15-10-5-12-11(16-14(19)17-12)4-9(10)13(18)8-2-6-1-7(6)3-8/h4-8H,1-3H2,(H2,16,17,19). The Hall–Kier alpha value is -1.36. The Labute approximate surface area is 117 Å². The molecule has 2 unspecified atom stereocenters. The summed E-state index contributed by atoms with van der Waals surface area (Å²) >= 11 is 3.44. The van der Waals surface area contributed by atoms with Crippen molar-refractivity contribution in [3.8, 4) is 0 Å².